The molecule has 4 heteroatoms. The third kappa shape index (κ3) is 3.95. The van der Waals surface area contributed by atoms with Crippen molar-refractivity contribution < 1.29 is 9.13 Å². The molecule has 0 amide bonds. The first-order chi connectivity index (χ1) is 10.2. The predicted molar refractivity (Wildman–Crippen MR) is 84.0 cm³/mol. The third-order valence-electron chi connectivity index (χ3n) is 4.68. The molecule has 1 aliphatic rings. The lowest BCUT2D eigenvalue weighted by atomic mass is 10.00. The predicted octanol–water partition coefficient (Wildman–Crippen LogP) is 3.49. The molecule has 0 aliphatic heterocycles. The molecule has 118 valence electrons. The summed E-state index contributed by atoms with van der Waals surface area (Å²) in [7, 11) is 3.60. The van der Waals surface area contributed by atoms with Crippen molar-refractivity contribution in [3.63, 3.8) is 0 Å². The Labute approximate surface area is 127 Å². The topological polar surface area (TPSA) is 38.5 Å². The number of nitrogens with zero attached hydrogens (tertiary/aromatic N) is 1. The van der Waals surface area contributed by atoms with E-state index in [2.05, 4.69) is 11.9 Å². The highest BCUT2D eigenvalue weighted by molar-refractivity contribution is 5.31. The van der Waals surface area contributed by atoms with Gasteiger partial charge in [-0.2, -0.15) is 0 Å². The highest BCUT2D eigenvalue weighted by atomic mass is 19.1. The minimum Gasteiger partial charge on any atom is -0.494 e. The van der Waals surface area contributed by atoms with E-state index in [9.17, 15) is 4.39 Å². The molecule has 1 aromatic rings. The van der Waals surface area contributed by atoms with Crippen LogP contribution in [0.25, 0.3) is 0 Å². The summed E-state index contributed by atoms with van der Waals surface area (Å²) in [6, 6.07) is 5.78. The first kappa shape index (κ1) is 16.2. The van der Waals surface area contributed by atoms with Crippen molar-refractivity contribution in [2.45, 2.75) is 50.6 Å². The fourth-order valence-corrected chi connectivity index (χ4v) is 3.35. The molecular formula is C17H27FN2O. The molecular weight excluding hydrogens is 267 g/mol. The van der Waals surface area contributed by atoms with Gasteiger partial charge in [0.15, 0.2) is 11.6 Å². The summed E-state index contributed by atoms with van der Waals surface area (Å²) < 4.78 is 18.9. The molecule has 1 atom stereocenters. The van der Waals surface area contributed by atoms with Crippen LogP contribution in [-0.2, 0) is 0 Å². The molecule has 1 saturated carbocycles. The van der Waals surface area contributed by atoms with Gasteiger partial charge in [0.25, 0.3) is 0 Å². The van der Waals surface area contributed by atoms with Gasteiger partial charge in [0.05, 0.1) is 7.11 Å². The van der Waals surface area contributed by atoms with Gasteiger partial charge in [-0.1, -0.05) is 31.7 Å². The summed E-state index contributed by atoms with van der Waals surface area (Å²) >= 11 is 0. The van der Waals surface area contributed by atoms with Crippen LogP contribution in [0.4, 0.5) is 4.39 Å². The van der Waals surface area contributed by atoms with Gasteiger partial charge in [-0.25, -0.2) is 4.39 Å². The van der Waals surface area contributed by atoms with Gasteiger partial charge in [0, 0.05) is 18.6 Å². The Kier molecular flexibility index (Phi) is 6.00. The average Bonchev–Trinajstić information content (AvgIpc) is 2.77. The fourth-order valence-electron chi connectivity index (χ4n) is 3.35. The number of hydrogen-bond donors (Lipinski definition) is 1. The maximum absolute atomic E-state index is 13.9. The molecule has 3 nitrogen and oxygen atoms in total. The number of methoxy groups -OCH3 is 1. The summed E-state index contributed by atoms with van der Waals surface area (Å²) in [5.74, 6) is -0.0330. The van der Waals surface area contributed by atoms with E-state index in [0.717, 1.165) is 5.56 Å². The molecule has 0 saturated heterocycles. The van der Waals surface area contributed by atoms with Gasteiger partial charge in [0.2, 0.25) is 0 Å². The molecule has 1 aromatic carbocycles. The number of rotatable bonds is 5. The van der Waals surface area contributed by atoms with Crippen LogP contribution < -0.4 is 10.5 Å². The van der Waals surface area contributed by atoms with Crippen LogP contribution >= 0.6 is 0 Å². The van der Waals surface area contributed by atoms with E-state index < -0.39 is 0 Å². The minimum atomic E-state index is -0.317. The second kappa shape index (κ2) is 7.76. The summed E-state index contributed by atoms with van der Waals surface area (Å²) in [5, 5.41) is 0. The maximum Gasteiger partial charge on any atom is 0.165 e. The zero-order valence-electron chi connectivity index (χ0n) is 13.1. The monoisotopic (exact) mass is 294 g/mol. The van der Waals surface area contributed by atoms with Crippen molar-refractivity contribution in [3.05, 3.63) is 29.6 Å². The largest absolute Gasteiger partial charge is 0.494 e. The number of halogens is 1. The van der Waals surface area contributed by atoms with Crippen molar-refractivity contribution in [2.75, 3.05) is 20.7 Å². The lowest BCUT2D eigenvalue weighted by Crippen LogP contribution is -2.38. The molecule has 1 aliphatic carbocycles. The minimum absolute atomic E-state index is 0.0634. The molecule has 1 fully saturated rings. The van der Waals surface area contributed by atoms with Gasteiger partial charge < -0.3 is 10.5 Å². The van der Waals surface area contributed by atoms with Gasteiger partial charge in [0.1, 0.15) is 0 Å². The second-order valence-corrected chi connectivity index (χ2v) is 5.96. The molecule has 0 radical (unpaired) electrons. The third-order valence-corrected chi connectivity index (χ3v) is 4.68. The van der Waals surface area contributed by atoms with Crippen LogP contribution in [0.3, 0.4) is 0 Å². The quantitative estimate of drug-likeness (QED) is 0.845. The Hall–Kier alpha value is -1.13. The van der Waals surface area contributed by atoms with Crippen LogP contribution in [0.5, 0.6) is 5.75 Å². The van der Waals surface area contributed by atoms with Gasteiger partial charge in [-0.15, -0.1) is 0 Å². The summed E-state index contributed by atoms with van der Waals surface area (Å²) in [4.78, 5) is 2.34. The number of benzene rings is 1. The van der Waals surface area contributed by atoms with Crippen LogP contribution in [-0.4, -0.2) is 31.6 Å². The smallest absolute Gasteiger partial charge is 0.165 e. The number of nitrogens with two attached hydrogens (primary N) is 1. The molecule has 0 spiro atoms. The Morgan fingerprint density at radius 2 is 1.95 bits per heavy atom. The van der Waals surface area contributed by atoms with E-state index in [0.29, 0.717) is 12.6 Å². The van der Waals surface area contributed by atoms with Crippen LogP contribution in [0.15, 0.2) is 18.2 Å². The molecule has 1 unspecified atom stereocenters. The van der Waals surface area contributed by atoms with E-state index in [-0.39, 0.29) is 17.6 Å². The molecule has 0 bridgehead atoms. The van der Waals surface area contributed by atoms with Crippen LogP contribution in [0.1, 0.15) is 50.1 Å². The van der Waals surface area contributed by atoms with E-state index in [1.165, 1.54) is 45.6 Å². The van der Waals surface area contributed by atoms with E-state index in [1.54, 1.807) is 12.1 Å². The lowest BCUT2D eigenvalue weighted by Gasteiger charge is -2.34. The van der Waals surface area contributed by atoms with Crippen molar-refractivity contribution >= 4 is 0 Å². The summed E-state index contributed by atoms with van der Waals surface area (Å²) in [6.07, 6.45) is 7.65. The maximum atomic E-state index is 13.9. The Balaban J connectivity index is 2.15. The molecule has 0 aromatic heterocycles. The van der Waals surface area contributed by atoms with Crippen molar-refractivity contribution in [1.29, 1.82) is 0 Å². The number of ether oxygens (including phenoxy) is 1. The van der Waals surface area contributed by atoms with Gasteiger partial charge in [-0.3, -0.25) is 4.90 Å². The molecule has 21 heavy (non-hydrogen) atoms. The van der Waals surface area contributed by atoms with Crippen LogP contribution in [0.2, 0.25) is 0 Å². The molecule has 2 N–H and O–H groups in total. The molecule has 0 heterocycles. The lowest BCUT2D eigenvalue weighted by molar-refractivity contribution is 0.161. The van der Waals surface area contributed by atoms with Crippen molar-refractivity contribution in [3.8, 4) is 5.75 Å². The van der Waals surface area contributed by atoms with Crippen molar-refractivity contribution in [2.24, 2.45) is 5.73 Å². The Morgan fingerprint density at radius 1 is 1.29 bits per heavy atom. The highest BCUT2D eigenvalue weighted by Gasteiger charge is 2.24. The first-order valence-corrected chi connectivity index (χ1v) is 7.92. The van der Waals surface area contributed by atoms with Gasteiger partial charge in [-0.05, 0) is 37.6 Å². The average molecular weight is 294 g/mol. The SMILES string of the molecule is COc1ccc(C(CN)N(C)C2CCCCCC2)cc1F. The zero-order valence-corrected chi connectivity index (χ0v) is 13.1. The Morgan fingerprint density at radius 3 is 2.48 bits per heavy atom. The van der Waals surface area contributed by atoms with Crippen LogP contribution in [0, 0.1) is 5.82 Å². The number of likely N-dealkylation sites (N-methyl/N-ethyl adjacent to an activating group) is 1. The first-order valence-electron chi connectivity index (χ1n) is 7.92. The van der Waals surface area contributed by atoms with Crippen molar-refractivity contribution in [1.82, 2.24) is 4.90 Å². The Bertz CT molecular complexity index is 444. The second-order valence-electron chi connectivity index (χ2n) is 5.96. The van der Waals surface area contributed by atoms with E-state index in [1.807, 2.05) is 6.07 Å². The normalized spacial score (nSPS) is 18.5. The van der Waals surface area contributed by atoms with E-state index >= 15 is 0 Å². The fraction of sp³-hybridized carbons (Fsp3) is 0.647. The summed E-state index contributed by atoms with van der Waals surface area (Å²) in [6.45, 7) is 0.499. The highest BCUT2D eigenvalue weighted by Crippen LogP contribution is 2.29. The number of hydrogen-bond acceptors (Lipinski definition) is 3. The summed E-state index contributed by atoms with van der Waals surface area (Å²) in [5.41, 5.74) is 6.91. The molecule has 2 rings (SSSR count). The zero-order chi connectivity index (χ0) is 15.2. The van der Waals surface area contributed by atoms with E-state index in [4.69, 9.17) is 10.5 Å². The van der Waals surface area contributed by atoms with Gasteiger partial charge >= 0.3 is 0 Å². The standard InChI is InChI=1S/C17H27FN2O/c1-20(14-7-5-3-4-6-8-14)16(12-19)13-9-10-17(21-2)15(18)11-13/h9-11,14,16H,3-8,12,19H2,1-2H3.